The number of carboxylic acid groups (broad SMARTS) is 1. The first-order valence-corrected chi connectivity index (χ1v) is 7.91. The molecule has 2 N–H and O–H groups in total. The smallest absolute Gasteiger partial charge is 0.332 e. The van der Waals surface area contributed by atoms with Crippen molar-refractivity contribution in [1.29, 1.82) is 0 Å². The van der Waals surface area contributed by atoms with Gasteiger partial charge in [0.1, 0.15) is 11.9 Å². The number of carbonyl (C=O) groups is 2. The lowest BCUT2D eigenvalue weighted by Crippen LogP contribution is -2.36. The highest BCUT2D eigenvalue weighted by Gasteiger charge is 2.34. The molecule has 1 amide bonds. The van der Waals surface area contributed by atoms with Gasteiger partial charge in [-0.05, 0) is 44.7 Å². The molecule has 1 saturated heterocycles. The zero-order chi connectivity index (χ0) is 16.7. The molecule has 1 heterocycles. The van der Waals surface area contributed by atoms with Crippen molar-refractivity contribution in [3.8, 4) is 5.75 Å². The number of carbonyl (C=O) groups excluding carboxylic acids is 1. The number of benzene rings is 1. The normalized spacial score (nSPS) is 20.2. The van der Waals surface area contributed by atoms with E-state index in [4.69, 9.17) is 14.6 Å². The molecule has 1 aromatic carbocycles. The third-order valence-corrected chi connectivity index (χ3v) is 3.75. The highest BCUT2D eigenvalue weighted by atomic mass is 16.5. The largest absolute Gasteiger partial charge is 0.494 e. The summed E-state index contributed by atoms with van der Waals surface area (Å²) in [5, 5.41) is 11.6. The number of unbranched alkanes of at least 4 members (excludes halogenated alkanes) is 1. The fourth-order valence-corrected chi connectivity index (χ4v) is 2.39. The Morgan fingerprint density at radius 2 is 1.91 bits per heavy atom. The van der Waals surface area contributed by atoms with E-state index in [9.17, 15) is 9.59 Å². The summed E-state index contributed by atoms with van der Waals surface area (Å²) in [6.07, 6.45) is 0.981. The van der Waals surface area contributed by atoms with Gasteiger partial charge in [-0.1, -0.05) is 17.7 Å². The Hall–Kier alpha value is -2.08. The monoisotopic (exact) mass is 321 g/mol. The van der Waals surface area contributed by atoms with Gasteiger partial charge in [0.05, 0.1) is 6.61 Å². The number of aliphatic carboxylic acids is 1. The topological polar surface area (TPSA) is 84.9 Å². The predicted molar refractivity (Wildman–Crippen MR) is 84.4 cm³/mol. The van der Waals surface area contributed by atoms with Gasteiger partial charge in [-0.15, -0.1) is 0 Å². The van der Waals surface area contributed by atoms with Crippen LogP contribution in [0, 0.1) is 6.92 Å². The molecule has 1 aliphatic rings. The Labute approximate surface area is 135 Å². The van der Waals surface area contributed by atoms with E-state index in [1.54, 1.807) is 0 Å². The highest BCUT2D eigenvalue weighted by molar-refractivity contribution is 5.82. The Bertz CT molecular complexity index is 528. The van der Waals surface area contributed by atoms with Crippen LogP contribution in [-0.4, -0.2) is 42.3 Å². The lowest BCUT2D eigenvalue weighted by atomic mass is 10.2. The first-order valence-electron chi connectivity index (χ1n) is 7.91. The zero-order valence-electron chi connectivity index (χ0n) is 13.3. The Kier molecular flexibility index (Phi) is 6.40. The lowest BCUT2D eigenvalue weighted by molar-refractivity contribution is -0.151. The standard InChI is InChI=1S/C17H23NO5/c1-12-4-6-13(7-5-12)22-11-3-2-10-18-16(19)14-8-9-15(23-14)17(20)21/h4-7,14-15H,2-3,8-11H2,1H3,(H,18,19)(H,20,21)/t14-,15+/m0/s1. The second-order valence-electron chi connectivity index (χ2n) is 5.69. The molecular formula is C17H23NO5. The summed E-state index contributed by atoms with van der Waals surface area (Å²) in [6.45, 7) is 3.16. The van der Waals surface area contributed by atoms with E-state index in [1.165, 1.54) is 5.56 Å². The number of aryl methyl sites for hydroxylation is 1. The number of amides is 1. The van der Waals surface area contributed by atoms with E-state index < -0.39 is 18.2 Å². The van der Waals surface area contributed by atoms with Crippen molar-refractivity contribution in [3.63, 3.8) is 0 Å². The highest BCUT2D eigenvalue weighted by Crippen LogP contribution is 2.19. The maximum atomic E-state index is 11.8. The summed E-state index contributed by atoms with van der Waals surface area (Å²) in [7, 11) is 0. The van der Waals surface area contributed by atoms with Crippen LogP contribution in [0.25, 0.3) is 0 Å². The quantitative estimate of drug-likeness (QED) is 0.714. The van der Waals surface area contributed by atoms with Gasteiger partial charge >= 0.3 is 5.97 Å². The van der Waals surface area contributed by atoms with E-state index >= 15 is 0 Å². The number of hydrogen-bond acceptors (Lipinski definition) is 4. The van der Waals surface area contributed by atoms with Crippen molar-refractivity contribution in [2.45, 2.75) is 44.8 Å². The van der Waals surface area contributed by atoms with Gasteiger partial charge in [-0.3, -0.25) is 4.79 Å². The van der Waals surface area contributed by atoms with Crippen molar-refractivity contribution in [1.82, 2.24) is 5.32 Å². The van der Waals surface area contributed by atoms with E-state index in [1.807, 2.05) is 31.2 Å². The van der Waals surface area contributed by atoms with E-state index in [-0.39, 0.29) is 5.91 Å². The van der Waals surface area contributed by atoms with Crippen LogP contribution in [0.3, 0.4) is 0 Å². The minimum absolute atomic E-state index is 0.229. The maximum absolute atomic E-state index is 11.8. The van der Waals surface area contributed by atoms with Crippen LogP contribution in [0.15, 0.2) is 24.3 Å². The van der Waals surface area contributed by atoms with Gasteiger partial charge in [0.25, 0.3) is 0 Å². The second kappa shape index (κ2) is 8.53. The average Bonchev–Trinajstić information content (AvgIpc) is 3.02. The van der Waals surface area contributed by atoms with E-state index in [2.05, 4.69) is 5.32 Å². The van der Waals surface area contributed by atoms with Gasteiger partial charge in [0.2, 0.25) is 5.91 Å². The van der Waals surface area contributed by atoms with Gasteiger partial charge in [0, 0.05) is 6.54 Å². The predicted octanol–water partition coefficient (Wildman–Crippen LogP) is 1.90. The SMILES string of the molecule is Cc1ccc(OCCCCNC(=O)[C@@H]2CC[C@H](C(=O)O)O2)cc1. The molecule has 0 spiro atoms. The number of ether oxygens (including phenoxy) is 2. The molecule has 1 aliphatic heterocycles. The molecule has 0 saturated carbocycles. The molecule has 1 aromatic rings. The Balaban J connectivity index is 1.54. The molecular weight excluding hydrogens is 298 g/mol. The number of nitrogens with one attached hydrogen (secondary N) is 1. The van der Waals surface area contributed by atoms with Crippen molar-refractivity contribution in [2.24, 2.45) is 0 Å². The number of rotatable bonds is 8. The molecule has 6 heteroatoms. The lowest BCUT2D eigenvalue weighted by Gasteiger charge is -2.12. The summed E-state index contributed by atoms with van der Waals surface area (Å²) >= 11 is 0. The molecule has 2 rings (SSSR count). The van der Waals surface area contributed by atoms with Crippen LogP contribution in [-0.2, 0) is 14.3 Å². The summed E-state index contributed by atoms with van der Waals surface area (Å²) < 4.78 is 10.8. The summed E-state index contributed by atoms with van der Waals surface area (Å²) in [6, 6.07) is 7.88. The van der Waals surface area contributed by atoms with Crippen molar-refractivity contribution < 1.29 is 24.2 Å². The fourth-order valence-electron chi connectivity index (χ4n) is 2.39. The van der Waals surface area contributed by atoms with Crippen molar-refractivity contribution in [2.75, 3.05) is 13.2 Å². The molecule has 23 heavy (non-hydrogen) atoms. The van der Waals surface area contributed by atoms with Crippen LogP contribution in [0.2, 0.25) is 0 Å². The van der Waals surface area contributed by atoms with Crippen LogP contribution in [0.1, 0.15) is 31.2 Å². The number of hydrogen-bond donors (Lipinski definition) is 2. The van der Waals surface area contributed by atoms with E-state index in [0.717, 1.165) is 18.6 Å². The second-order valence-corrected chi connectivity index (χ2v) is 5.69. The van der Waals surface area contributed by atoms with Crippen LogP contribution in [0.5, 0.6) is 5.75 Å². The molecule has 0 aromatic heterocycles. The van der Waals surface area contributed by atoms with Gasteiger partial charge < -0.3 is 19.9 Å². The van der Waals surface area contributed by atoms with Crippen molar-refractivity contribution >= 4 is 11.9 Å². The van der Waals surface area contributed by atoms with Crippen LogP contribution in [0.4, 0.5) is 0 Å². The molecule has 2 atom stereocenters. The van der Waals surface area contributed by atoms with Crippen LogP contribution >= 0.6 is 0 Å². The molecule has 1 fully saturated rings. The number of carboxylic acids is 1. The molecule has 0 radical (unpaired) electrons. The zero-order valence-corrected chi connectivity index (χ0v) is 13.3. The third-order valence-electron chi connectivity index (χ3n) is 3.75. The molecule has 0 unspecified atom stereocenters. The minimum Gasteiger partial charge on any atom is -0.494 e. The van der Waals surface area contributed by atoms with Crippen LogP contribution < -0.4 is 10.1 Å². The molecule has 0 bridgehead atoms. The fraction of sp³-hybridized carbons (Fsp3) is 0.529. The third kappa shape index (κ3) is 5.56. The first kappa shape index (κ1) is 17.3. The molecule has 126 valence electrons. The van der Waals surface area contributed by atoms with E-state index in [0.29, 0.717) is 26.0 Å². The molecule has 6 nitrogen and oxygen atoms in total. The summed E-state index contributed by atoms with van der Waals surface area (Å²) in [5.74, 6) is -0.388. The van der Waals surface area contributed by atoms with Gasteiger partial charge in [-0.2, -0.15) is 0 Å². The van der Waals surface area contributed by atoms with Gasteiger partial charge in [-0.25, -0.2) is 4.79 Å². The minimum atomic E-state index is -1.01. The summed E-state index contributed by atoms with van der Waals surface area (Å²) in [4.78, 5) is 22.6. The average molecular weight is 321 g/mol. The maximum Gasteiger partial charge on any atom is 0.332 e. The van der Waals surface area contributed by atoms with Gasteiger partial charge in [0.15, 0.2) is 6.10 Å². The van der Waals surface area contributed by atoms with Crippen molar-refractivity contribution in [3.05, 3.63) is 29.8 Å². The summed E-state index contributed by atoms with van der Waals surface area (Å²) in [5.41, 5.74) is 1.19. The Morgan fingerprint density at radius 3 is 2.57 bits per heavy atom. The molecule has 0 aliphatic carbocycles. The first-order chi connectivity index (χ1) is 11.1. The Morgan fingerprint density at radius 1 is 1.22 bits per heavy atom.